The molecule has 2 aliphatic rings. The molecule has 1 aromatic heterocycles. The predicted octanol–water partition coefficient (Wildman–Crippen LogP) is 3.34. The molecule has 2 fully saturated rings. The average Bonchev–Trinajstić information content (AvgIpc) is 3.06. The van der Waals surface area contributed by atoms with Gasteiger partial charge in [-0.3, -0.25) is 4.98 Å². The first-order chi connectivity index (χ1) is 8.04. The summed E-state index contributed by atoms with van der Waals surface area (Å²) in [7, 11) is 0. The number of pyridine rings is 1. The first-order valence-corrected chi connectivity index (χ1v) is 5.83. The molecule has 1 saturated carbocycles. The van der Waals surface area contributed by atoms with Crippen molar-refractivity contribution in [2.75, 3.05) is 0 Å². The number of piperidine rings is 1. The van der Waals surface area contributed by atoms with Crippen molar-refractivity contribution >= 4 is 12.4 Å². The lowest BCUT2D eigenvalue weighted by atomic mass is 10.0. The molecule has 1 aliphatic heterocycles. The Balaban J connectivity index is 0.00000120. The molecule has 0 aromatic carbocycles. The molecule has 1 aromatic rings. The van der Waals surface area contributed by atoms with Crippen molar-refractivity contribution in [3.8, 4) is 0 Å². The highest BCUT2D eigenvalue weighted by Gasteiger charge is 2.42. The summed E-state index contributed by atoms with van der Waals surface area (Å²) in [5.41, 5.74) is 0.0460. The Morgan fingerprint density at radius 3 is 2.56 bits per heavy atom. The third-order valence-electron chi connectivity index (χ3n) is 3.63. The summed E-state index contributed by atoms with van der Waals surface area (Å²) in [6.45, 7) is 0. The second-order valence-electron chi connectivity index (χ2n) is 4.87. The monoisotopic (exact) mass is 278 g/mol. The van der Waals surface area contributed by atoms with Crippen molar-refractivity contribution in [1.29, 1.82) is 0 Å². The lowest BCUT2D eigenvalue weighted by Crippen LogP contribution is -2.29. The molecular weight excluding hydrogens is 265 g/mol. The van der Waals surface area contributed by atoms with Gasteiger partial charge in [0, 0.05) is 18.3 Å². The minimum Gasteiger partial charge on any atom is -0.306 e. The van der Waals surface area contributed by atoms with Crippen molar-refractivity contribution in [2.45, 2.75) is 37.5 Å². The number of hydrogen-bond acceptors (Lipinski definition) is 2. The Bertz CT molecular complexity index is 418. The standard InChI is InChI=1S/C12H13F3N2.ClH/c13-12(14,15)8-2-4-9(16-6-8)10-3-1-7-5-11(7)17-10;/h2,4,6-7,10-11,17H,1,3,5H2;1H. The quantitative estimate of drug-likeness (QED) is 0.852. The van der Waals surface area contributed by atoms with Crippen LogP contribution in [0, 0.1) is 5.92 Å². The lowest BCUT2D eigenvalue weighted by Gasteiger charge is -2.22. The Kier molecular flexibility index (Phi) is 3.56. The zero-order chi connectivity index (χ0) is 12.0. The van der Waals surface area contributed by atoms with Gasteiger partial charge in [0.05, 0.1) is 11.3 Å². The topological polar surface area (TPSA) is 24.9 Å². The van der Waals surface area contributed by atoms with E-state index in [0.29, 0.717) is 6.04 Å². The molecule has 3 atom stereocenters. The summed E-state index contributed by atoms with van der Waals surface area (Å²) in [4.78, 5) is 3.94. The zero-order valence-electron chi connectivity index (χ0n) is 9.57. The number of aromatic nitrogens is 1. The Morgan fingerprint density at radius 2 is 2.00 bits per heavy atom. The molecular formula is C12H14ClF3N2. The van der Waals surface area contributed by atoms with E-state index in [1.165, 1.54) is 12.5 Å². The molecule has 1 aliphatic carbocycles. The fourth-order valence-electron chi connectivity index (χ4n) is 2.51. The fraction of sp³-hybridized carbons (Fsp3) is 0.583. The molecule has 2 heterocycles. The van der Waals surface area contributed by atoms with Crippen LogP contribution in [0.2, 0.25) is 0 Å². The van der Waals surface area contributed by atoms with E-state index in [1.54, 1.807) is 0 Å². The first kappa shape index (κ1) is 13.6. The van der Waals surface area contributed by atoms with Crippen LogP contribution in [-0.4, -0.2) is 11.0 Å². The lowest BCUT2D eigenvalue weighted by molar-refractivity contribution is -0.137. The van der Waals surface area contributed by atoms with Crippen LogP contribution < -0.4 is 5.32 Å². The smallest absolute Gasteiger partial charge is 0.306 e. The maximum absolute atomic E-state index is 12.4. The highest BCUT2D eigenvalue weighted by Crippen LogP contribution is 2.42. The van der Waals surface area contributed by atoms with Gasteiger partial charge in [-0.2, -0.15) is 13.2 Å². The van der Waals surface area contributed by atoms with Crippen LogP contribution in [0.15, 0.2) is 18.3 Å². The van der Waals surface area contributed by atoms with Crippen LogP contribution in [-0.2, 0) is 6.18 Å². The number of alkyl halides is 3. The van der Waals surface area contributed by atoms with Crippen molar-refractivity contribution in [2.24, 2.45) is 5.92 Å². The van der Waals surface area contributed by atoms with Gasteiger partial charge in [-0.15, -0.1) is 12.4 Å². The van der Waals surface area contributed by atoms with Crippen LogP contribution in [0.25, 0.3) is 0 Å². The zero-order valence-corrected chi connectivity index (χ0v) is 10.4. The van der Waals surface area contributed by atoms with Gasteiger partial charge >= 0.3 is 6.18 Å². The molecule has 2 nitrogen and oxygen atoms in total. The third kappa shape index (κ3) is 2.62. The minimum atomic E-state index is -4.30. The van der Waals surface area contributed by atoms with Gasteiger partial charge in [-0.25, -0.2) is 0 Å². The van der Waals surface area contributed by atoms with Gasteiger partial charge < -0.3 is 5.32 Å². The largest absolute Gasteiger partial charge is 0.417 e. The van der Waals surface area contributed by atoms with Gasteiger partial charge in [0.25, 0.3) is 0 Å². The Hall–Kier alpha value is -0.810. The van der Waals surface area contributed by atoms with Crippen molar-refractivity contribution in [3.05, 3.63) is 29.6 Å². The molecule has 0 radical (unpaired) electrons. The number of fused-ring (bicyclic) bond motifs is 1. The maximum atomic E-state index is 12.4. The van der Waals surface area contributed by atoms with Crippen molar-refractivity contribution in [3.63, 3.8) is 0 Å². The van der Waals surface area contributed by atoms with Crippen LogP contribution >= 0.6 is 12.4 Å². The summed E-state index contributed by atoms with van der Waals surface area (Å²) in [5.74, 6) is 0.792. The minimum absolute atomic E-state index is 0. The summed E-state index contributed by atoms with van der Waals surface area (Å²) in [5, 5.41) is 3.42. The summed E-state index contributed by atoms with van der Waals surface area (Å²) in [6, 6.07) is 3.30. The highest BCUT2D eigenvalue weighted by molar-refractivity contribution is 5.85. The van der Waals surface area contributed by atoms with Crippen LogP contribution in [0.1, 0.15) is 36.6 Å². The number of halogens is 4. The normalized spacial score (nSPS) is 30.3. The van der Waals surface area contributed by atoms with Crippen LogP contribution in [0.4, 0.5) is 13.2 Å². The van der Waals surface area contributed by atoms with E-state index in [1.807, 2.05) is 0 Å². The molecule has 3 rings (SSSR count). The number of nitrogens with zero attached hydrogens (tertiary/aromatic N) is 1. The summed E-state index contributed by atoms with van der Waals surface area (Å²) < 4.78 is 37.1. The SMILES string of the molecule is Cl.FC(F)(F)c1ccc(C2CCC3CC3N2)nc1. The number of hydrogen-bond donors (Lipinski definition) is 1. The average molecular weight is 279 g/mol. The summed E-state index contributed by atoms with van der Waals surface area (Å²) in [6.07, 6.45) is -0.0369. The predicted molar refractivity (Wildman–Crippen MR) is 63.5 cm³/mol. The van der Waals surface area contributed by atoms with E-state index >= 15 is 0 Å². The van der Waals surface area contributed by atoms with Gasteiger partial charge in [-0.1, -0.05) is 0 Å². The van der Waals surface area contributed by atoms with Gasteiger partial charge in [0.15, 0.2) is 0 Å². The van der Waals surface area contributed by atoms with Gasteiger partial charge in [0.2, 0.25) is 0 Å². The molecule has 0 amide bonds. The third-order valence-corrected chi connectivity index (χ3v) is 3.63. The molecule has 0 spiro atoms. The molecule has 3 unspecified atom stereocenters. The van der Waals surface area contributed by atoms with E-state index in [9.17, 15) is 13.2 Å². The number of nitrogens with one attached hydrogen (secondary N) is 1. The van der Waals surface area contributed by atoms with E-state index in [0.717, 1.165) is 36.7 Å². The molecule has 18 heavy (non-hydrogen) atoms. The second kappa shape index (κ2) is 4.70. The number of rotatable bonds is 1. The highest BCUT2D eigenvalue weighted by atomic mass is 35.5. The molecule has 1 N–H and O–H groups in total. The Morgan fingerprint density at radius 1 is 1.22 bits per heavy atom. The van der Waals surface area contributed by atoms with Gasteiger partial charge in [-0.05, 0) is 37.3 Å². The Labute approximate surface area is 109 Å². The van der Waals surface area contributed by atoms with Crippen molar-refractivity contribution in [1.82, 2.24) is 10.3 Å². The van der Waals surface area contributed by atoms with Crippen molar-refractivity contribution < 1.29 is 13.2 Å². The summed E-state index contributed by atoms with van der Waals surface area (Å²) >= 11 is 0. The van der Waals surface area contributed by atoms with Crippen LogP contribution in [0.5, 0.6) is 0 Å². The van der Waals surface area contributed by atoms with Crippen LogP contribution in [0.3, 0.4) is 0 Å². The van der Waals surface area contributed by atoms with E-state index in [2.05, 4.69) is 10.3 Å². The molecule has 100 valence electrons. The van der Waals surface area contributed by atoms with E-state index in [-0.39, 0.29) is 18.4 Å². The fourth-order valence-corrected chi connectivity index (χ4v) is 2.51. The molecule has 6 heteroatoms. The van der Waals surface area contributed by atoms with E-state index < -0.39 is 11.7 Å². The van der Waals surface area contributed by atoms with Gasteiger partial charge in [0.1, 0.15) is 0 Å². The molecule has 0 bridgehead atoms. The van der Waals surface area contributed by atoms with E-state index in [4.69, 9.17) is 0 Å². The maximum Gasteiger partial charge on any atom is 0.417 e. The molecule has 1 saturated heterocycles. The second-order valence-corrected chi connectivity index (χ2v) is 4.87. The first-order valence-electron chi connectivity index (χ1n) is 5.83.